The van der Waals surface area contributed by atoms with E-state index in [4.69, 9.17) is 9.15 Å². The number of hydrogen-bond donors (Lipinski definition) is 2. The Kier molecular flexibility index (Phi) is 5.41. The number of ether oxygens (including phenoxy) is 1. The molecular weight excluding hydrogens is 320 g/mol. The van der Waals surface area contributed by atoms with E-state index in [1.54, 1.807) is 12.1 Å². The Labute approximate surface area is 134 Å². The molecule has 2 N–H and O–H groups in total. The molecule has 1 atom stereocenters. The van der Waals surface area contributed by atoms with Crippen LogP contribution in [0.1, 0.15) is 12.7 Å². The maximum Gasteiger partial charge on any atom is 0.241 e. The Morgan fingerprint density at radius 1 is 1.26 bits per heavy atom. The molecule has 8 heteroatoms. The molecule has 0 aliphatic heterocycles. The number of carbonyl (C=O) groups excluding carboxylic acids is 1. The summed E-state index contributed by atoms with van der Waals surface area (Å²) in [6.07, 6.45) is 1.50. The van der Waals surface area contributed by atoms with Crippen LogP contribution in [0.3, 0.4) is 0 Å². The van der Waals surface area contributed by atoms with Gasteiger partial charge in [-0.15, -0.1) is 0 Å². The molecule has 0 fully saturated rings. The molecule has 23 heavy (non-hydrogen) atoms. The third-order valence-electron chi connectivity index (χ3n) is 3.11. The molecule has 2 rings (SSSR count). The van der Waals surface area contributed by atoms with Crippen LogP contribution in [0.5, 0.6) is 5.75 Å². The number of carbonyl (C=O) groups is 1. The minimum Gasteiger partial charge on any atom is -0.497 e. The number of nitrogens with one attached hydrogen (secondary N) is 2. The largest absolute Gasteiger partial charge is 0.497 e. The van der Waals surface area contributed by atoms with Crippen molar-refractivity contribution in [1.82, 2.24) is 10.0 Å². The second kappa shape index (κ2) is 7.30. The molecule has 0 saturated carbocycles. The highest BCUT2D eigenvalue weighted by Crippen LogP contribution is 2.15. The quantitative estimate of drug-likeness (QED) is 0.792. The molecule has 7 nitrogen and oxygen atoms in total. The van der Waals surface area contributed by atoms with Crippen molar-refractivity contribution < 1.29 is 22.4 Å². The molecule has 0 radical (unpaired) electrons. The van der Waals surface area contributed by atoms with Gasteiger partial charge in [0.2, 0.25) is 15.9 Å². The van der Waals surface area contributed by atoms with Crippen LogP contribution < -0.4 is 14.8 Å². The van der Waals surface area contributed by atoms with Gasteiger partial charge >= 0.3 is 0 Å². The standard InChI is InChI=1S/C15H18N2O5S/c1-11(15(18)16-10-13-4-3-9-22-13)17-23(19,20)14-7-5-12(21-2)6-8-14/h3-9,11,17H,10H2,1-2H3,(H,16,18)/t11-/m1/s1. The second-order valence-electron chi connectivity index (χ2n) is 4.82. The Bertz CT molecular complexity index is 739. The molecule has 124 valence electrons. The van der Waals surface area contributed by atoms with Crippen molar-refractivity contribution in [1.29, 1.82) is 0 Å². The average Bonchev–Trinajstić information content (AvgIpc) is 3.05. The van der Waals surface area contributed by atoms with Gasteiger partial charge in [-0.3, -0.25) is 4.79 Å². The van der Waals surface area contributed by atoms with E-state index in [1.165, 1.54) is 44.6 Å². The normalized spacial score (nSPS) is 12.6. The summed E-state index contributed by atoms with van der Waals surface area (Å²) in [5.74, 6) is 0.690. The van der Waals surface area contributed by atoms with E-state index in [9.17, 15) is 13.2 Å². The molecule has 0 unspecified atom stereocenters. The summed E-state index contributed by atoms with van der Waals surface area (Å²) in [5.41, 5.74) is 0. The molecule has 0 bridgehead atoms. The maximum absolute atomic E-state index is 12.2. The van der Waals surface area contributed by atoms with Gasteiger partial charge in [-0.2, -0.15) is 4.72 Å². The monoisotopic (exact) mass is 338 g/mol. The molecule has 1 aromatic heterocycles. The zero-order valence-corrected chi connectivity index (χ0v) is 13.6. The lowest BCUT2D eigenvalue weighted by Gasteiger charge is -2.14. The summed E-state index contributed by atoms with van der Waals surface area (Å²) in [7, 11) is -2.30. The zero-order valence-electron chi connectivity index (χ0n) is 12.8. The van der Waals surface area contributed by atoms with Crippen LogP contribution in [-0.4, -0.2) is 27.5 Å². The number of hydrogen-bond acceptors (Lipinski definition) is 5. The van der Waals surface area contributed by atoms with Crippen LogP contribution >= 0.6 is 0 Å². The average molecular weight is 338 g/mol. The van der Waals surface area contributed by atoms with Crippen LogP contribution in [0.15, 0.2) is 52.0 Å². The lowest BCUT2D eigenvalue weighted by Crippen LogP contribution is -2.44. The van der Waals surface area contributed by atoms with E-state index in [1.807, 2.05) is 0 Å². The molecule has 0 saturated heterocycles. The number of methoxy groups -OCH3 is 1. The Morgan fingerprint density at radius 2 is 1.96 bits per heavy atom. The topological polar surface area (TPSA) is 97.6 Å². The number of rotatable bonds is 7. The van der Waals surface area contributed by atoms with Crippen LogP contribution in [0.2, 0.25) is 0 Å². The predicted molar refractivity (Wildman–Crippen MR) is 83.3 cm³/mol. The zero-order chi connectivity index (χ0) is 16.9. The van der Waals surface area contributed by atoms with E-state index in [0.29, 0.717) is 11.5 Å². The van der Waals surface area contributed by atoms with E-state index in [2.05, 4.69) is 10.0 Å². The fraction of sp³-hybridized carbons (Fsp3) is 0.267. The van der Waals surface area contributed by atoms with Gasteiger partial charge in [0.15, 0.2) is 0 Å². The van der Waals surface area contributed by atoms with Gasteiger partial charge < -0.3 is 14.5 Å². The predicted octanol–water partition coefficient (Wildman–Crippen LogP) is 1.27. The van der Waals surface area contributed by atoms with Crippen molar-refractivity contribution in [3.63, 3.8) is 0 Å². The van der Waals surface area contributed by atoms with Crippen molar-refractivity contribution >= 4 is 15.9 Å². The number of furan rings is 1. The first-order valence-electron chi connectivity index (χ1n) is 6.89. The molecular formula is C15H18N2O5S. The third-order valence-corrected chi connectivity index (χ3v) is 4.67. The first kappa shape index (κ1) is 17.0. The molecule has 1 aromatic carbocycles. The smallest absolute Gasteiger partial charge is 0.241 e. The highest BCUT2D eigenvalue weighted by molar-refractivity contribution is 7.89. The van der Waals surface area contributed by atoms with Crippen molar-refractivity contribution in [2.75, 3.05) is 7.11 Å². The Morgan fingerprint density at radius 3 is 2.52 bits per heavy atom. The highest BCUT2D eigenvalue weighted by atomic mass is 32.2. The molecule has 0 aliphatic carbocycles. The van der Waals surface area contributed by atoms with Gasteiger partial charge in [0.1, 0.15) is 11.5 Å². The van der Waals surface area contributed by atoms with Crippen LogP contribution in [0.25, 0.3) is 0 Å². The maximum atomic E-state index is 12.2. The van der Waals surface area contributed by atoms with E-state index < -0.39 is 22.0 Å². The molecule has 2 aromatic rings. The second-order valence-corrected chi connectivity index (χ2v) is 6.53. The van der Waals surface area contributed by atoms with Crippen molar-refractivity contribution in [2.24, 2.45) is 0 Å². The van der Waals surface area contributed by atoms with Gasteiger partial charge in [-0.05, 0) is 43.3 Å². The molecule has 1 amide bonds. The highest BCUT2D eigenvalue weighted by Gasteiger charge is 2.22. The van der Waals surface area contributed by atoms with Gasteiger partial charge in [-0.25, -0.2) is 8.42 Å². The fourth-order valence-corrected chi connectivity index (χ4v) is 3.05. The van der Waals surface area contributed by atoms with Gasteiger partial charge in [0.05, 0.1) is 30.9 Å². The summed E-state index contributed by atoms with van der Waals surface area (Å²) < 4.78 is 36.9. The number of sulfonamides is 1. The summed E-state index contributed by atoms with van der Waals surface area (Å²) in [6, 6.07) is 8.40. The first-order chi connectivity index (χ1) is 10.9. The fourth-order valence-electron chi connectivity index (χ4n) is 1.85. The first-order valence-corrected chi connectivity index (χ1v) is 8.37. The number of amides is 1. The minimum atomic E-state index is -3.79. The van der Waals surface area contributed by atoms with Crippen molar-refractivity contribution in [3.05, 3.63) is 48.4 Å². The van der Waals surface area contributed by atoms with Gasteiger partial charge in [-0.1, -0.05) is 0 Å². The van der Waals surface area contributed by atoms with E-state index in [-0.39, 0.29) is 11.4 Å². The minimum absolute atomic E-state index is 0.0592. The Balaban J connectivity index is 1.96. The summed E-state index contributed by atoms with van der Waals surface area (Å²) in [5, 5.41) is 2.60. The summed E-state index contributed by atoms with van der Waals surface area (Å²) >= 11 is 0. The van der Waals surface area contributed by atoms with Gasteiger partial charge in [0, 0.05) is 0 Å². The Hall–Kier alpha value is -2.32. The summed E-state index contributed by atoms with van der Waals surface area (Å²) in [4.78, 5) is 12.0. The summed E-state index contributed by atoms with van der Waals surface area (Å²) in [6.45, 7) is 1.67. The lowest BCUT2D eigenvalue weighted by molar-refractivity contribution is -0.122. The molecule has 1 heterocycles. The van der Waals surface area contributed by atoms with Crippen molar-refractivity contribution in [2.45, 2.75) is 24.4 Å². The van der Waals surface area contributed by atoms with Crippen LogP contribution in [0.4, 0.5) is 0 Å². The SMILES string of the molecule is COc1ccc(S(=O)(=O)N[C@H](C)C(=O)NCc2ccco2)cc1. The molecule has 0 spiro atoms. The lowest BCUT2D eigenvalue weighted by atomic mass is 10.3. The molecule has 0 aliphatic rings. The number of benzene rings is 1. The van der Waals surface area contributed by atoms with Crippen LogP contribution in [-0.2, 0) is 21.4 Å². The third kappa shape index (κ3) is 4.57. The van der Waals surface area contributed by atoms with Gasteiger partial charge in [0.25, 0.3) is 0 Å². The van der Waals surface area contributed by atoms with E-state index in [0.717, 1.165) is 0 Å². The van der Waals surface area contributed by atoms with Crippen LogP contribution in [0, 0.1) is 0 Å². The van der Waals surface area contributed by atoms with E-state index >= 15 is 0 Å². The van der Waals surface area contributed by atoms with Crippen molar-refractivity contribution in [3.8, 4) is 5.75 Å².